The van der Waals surface area contributed by atoms with E-state index in [9.17, 15) is 4.79 Å². The zero-order chi connectivity index (χ0) is 20.3. The third kappa shape index (κ3) is 4.82. The molecule has 28 heavy (non-hydrogen) atoms. The van der Waals surface area contributed by atoms with Crippen LogP contribution in [0.3, 0.4) is 0 Å². The number of methoxy groups -OCH3 is 2. The van der Waals surface area contributed by atoms with Crippen LogP contribution in [0.2, 0.25) is 10.0 Å². The average molecular weight is 429 g/mol. The lowest BCUT2D eigenvalue weighted by atomic mass is 9.84. The van der Waals surface area contributed by atoms with Gasteiger partial charge in [0.25, 0.3) is 0 Å². The van der Waals surface area contributed by atoms with Crippen molar-refractivity contribution in [2.45, 2.75) is 56.4 Å². The minimum Gasteiger partial charge on any atom is -0.379 e. The van der Waals surface area contributed by atoms with Gasteiger partial charge in [0.05, 0.1) is 28.7 Å². The highest BCUT2D eigenvalue weighted by Crippen LogP contribution is 2.32. The number of rotatable bonds is 6. The van der Waals surface area contributed by atoms with Crippen LogP contribution in [0.1, 0.15) is 31.2 Å². The van der Waals surface area contributed by atoms with Crippen molar-refractivity contribution < 1.29 is 14.3 Å². The summed E-state index contributed by atoms with van der Waals surface area (Å²) < 4.78 is 11.4. The second-order valence-corrected chi connectivity index (χ2v) is 8.64. The monoisotopic (exact) mass is 428 g/mol. The standard InChI is InChI=1S/C21H30Cl2N2O3/c1-24(21(26)11-14-6-7-15(22)16(23)10-14)17-12-19(27-2)20(28-3)13-18(17)25-8-4-5-9-25/h6-7,10,17-20H,4-5,8-9,11-13H2,1-3H3/t17-,18-,19-,20+/m0/s1. The fourth-order valence-electron chi connectivity index (χ4n) is 4.61. The molecule has 1 aliphatic carbocycles. The molecular weight excluding hydrogens is 399 g/mol. The van der Waals surface area contributed by atoms with Crippen LogP contribution in [0.4, 0.5) is 0 Å². The van der Waals surface area contributed by atoms with Crippen LogP contribution in [0, 0.1) is 0 Å². The number of nitrogens with zero attached hydrogens (tertiary/aromatic N) is 2. The molecule has 156 valence electrons. The van der Waals surface area contributed by atoms with Crippen molar-refractivity contribution in [2.75, 3.05) is 34.4 Å². The van der Waals surface area contributed by atoms with Crippen molar-refractivity contribution in [1.29, 1.82) is 0 Å². The summed E-state index contributed by atoms with van der Waals surface area (Å²) >= 11 is 12.1. The van der Waals surface area contributed by atoms with Gasteiger partial charge in [-0.2, -0.15) is 0 Å². The molecule has 0 spiro atoms. The van der Waals surface area contributed by atoms with E-state index in [1.54, 1.807) is 26.4 Å². The number of likely N-dealkylation sites (N-methyl/N-ethyl adjacent to an activating group) is 1. The maximum Gasteiger partial charge on any atom is 0.227 e. The summed E-state index contributed by atoms with van der Waals surface area (Å²) in [4.78, 5) is 17.5. The Bertz CT molecular complexity index is 682. The number of benzene rings is 1. The lowest BCUT2D eigenvalue weighted by molar-refractivity contribution is -0.140. The number of hydrogen-bond acceptors (Lipinski definition) is 4. The molecule has 1 saturated heterocycles. The zero-order valence-electron chi connectivity index (χ0n) is 16.9. The molecule has 0 unspecified atom stereocenters. The normalized spacial score (nSPS) is 28.5. The van der Waals surface area contributed by atoms with Crippen LogP contribution in [-0.4, -0.2) is 74.4 Å². The molecule has 5 nitrogen and oxygen atoms in total. The van der Waals surface area contributed by atoms with Gasteiger partial charge in [-0.05, 0) is 56.5 Å². The van der Waals surface area contributed by atoms with Crippen LogP contribution in [0.25, 0.3) is 0 Å². The smallest absolute Gasteiger partial charge is 0.227 e. The molecule has 2 aliphatic rings. The van der Waals surface area contributed by atoms with E-state index in [4.69, 9.17) is 32.7 Å². The van der Waals surface area contributed by atoms with Gasteiger partial charge in [-0.15, -0.1) is 0 Å². The van der Waals surface area contributed by atoms with Crippen LogP contribution in [0.15, 0.2) is 18.2 Å². The van der Waals surface area contributed by atoms with E-state index in [-0.39, 0.29) is 24.2 Å². The number of ether oxygens (including phenoxy) is 2. The topological polar surface area (TPSA) is 42.0 Å². The number of carbonyl (C=O) groups is 1. The predicted molar refractivity (Wildman–Crippen MR) is 112 cm³/mol. The molecular formula is C21H30Cl2N2O3. The number of halogens is 2. The van der Waals surface area contributed by atoms with Crippen molar-refractivity contribution >= 4 is 29.1 Å². The third-order valence-electron chi connectivity index (χ3n) is 6.25. The van der Waals surface area contributed by atoms with E-state index in [0.717, 1.165) is 31.5 Å². The van der Waals surface area contributed by atoms with Crippen LogP contribution < -0.4 is 0 Å². The maximum atomic E-state index is 13.1. The first kappa shape index (κ1) is 21.8. The van der Waals surface area contributed by atoms with E-state index in [0.29, 0.717) is 22.5 Å². The Morgan fingerprint density at radius 3 is 2.36 bits per heavy atom. The maximum absolute atomic E-state index is 13.1. The number of carbonyl (C=O) groups excluding carboxylic acids is 1. The summed E-state index contributed by atoms with van der Waals surface area (Å²) in [7, 11) is 5.38. The van der Waals surface area contributed by atoms with Crippen molar-refractivity contribution in [3.63, 3.8) is 0 Å². The fraction of sp³-hybridized carbons (Fsp3) is 0.667. The number of amides is 1. The molecule has 1 aliphatic heterocycles. The minimum atomic E-state index is -0.00548. The lowest BCUT2D eigenvalue weighted by Crippen LogP contribution is -2.59. The predicted octanol–water partition coefficient (Wildman–Crippen LogP) is 3.65. The van der Waals surface area contributed by atoms with Gasteiger partial charge in [-0.25, -0.2) is 0 Å². The highest BCUT2D eigenvalue weighted by atomic mass is 35.5. The van der Waals surface area contributed by atoms with E-state index in [2.05, 4.69) is 4.90 Å². The van der Waals surface area contributed by atoms with Gasteiger partial charge in [-0.3, -0.25) is 9.69 Å². The average Bonchev–Trinajstić information content (AvgIpc) is 3.23. The highest BCUT2D eigenvalue weighted by molar-refractivity contribution is 6.42. The summed E-state index contributed by atoms with van der Waals surface area (Å²) in [6, 6.07) is 5.77. The summed E-state index contributed by atoms with van der Waals surface area (Å²) in [5.41, 5.74) is 0.873. The van der Waals surface area contributed by atoms with E-state index >= 15 is 0 Å². The van der Waals surface area contributed by atoms with Gasteiger partial charge < -0.3 is 14.4 Å². The Kier molecular flexibility index (Phi) is 7.62. The Morgan fingerprint density at radius 2 is 1.75 bits per heavy atom. The second-order valence-electron chi connectivity index (χ2n) is 7.83. The summed E-state index contributed by atoms with van der Waals surface area (Å²) in [6.07, 6.45) is 4.45. The van der Waals surface area contributed by atoms with Gasteiger partial charge in [0, 0.05) is 33.4 Å². The first-order valence-electron chi connectivity index (χ1n) is 9.93. The summed E-state index contributed by atoms with van der Waals surface area (Å²) in [5, 5.41) is 0.978. The van der Waals surface area contributed by atoms with Crippen molar-refractivity contribution in [2.24, 2.45) is 0 Å². The van der Waals surface area contributed by atoms with Crippen LogP contribution in [0.5, 0.6) is 0 Å². The molecule has 1 heterocycles. The molecule has 1 saturated carbocycles. The molecule has 0 bridgehead atoms. The number of likely N-dealkylation sites (tertiary alicyclic amines) is 1. The minimum absolute atomic E-state index is 0.00548. The van der Waals surface area contributed by atoms with E-state index in [1.165, 1.54) is 12.8 Å². The molecule has 4 atom stereocenters. The van der Waals surface area contributed by atoms with Gasteiger partial charge in [-0.1, -0.05) is 29.3 Å². The summed E-state index contributed by atoms with van der Waals surface area (Å²) in [6.45, 7) is 2.17. The first-order chi connectivity index (χ1) is 13.4. The molecule has 0 N–H and O–H groups in total. The molecule has 7 heteroatoms. The number of hydrogen-bond donors (Lipinski definition) is 0. The Morgan fingerprint density at radius 1 is 1.11 bits per heavy atom. The van der Waals surface area contributed by atoms with Crippen LogP contribution in [-0.2, 0) is 20.7 Å². The van der Waals surface area contributed by atoms with E-state index < -0.39 is 0 Å². The van der Waals surface area contributed by atoms with Crippen molar-refractivity contribution in [1.82, 2.24) is 9.80 Å². The largest absolute Gasteiger partial charge is 0.379 e. The molecule has 2 fully saturated rings. The molecule has 1 amide bonds. The Hall–Kier alpha value is -0.850. The Labute approximate surface area is 177 Å². The van der Waals surface area contributed by atoms with Crippen molar-refractivity contribution in [3.8, 4) is 0 Å². The van der Waals surface area contributed by atoms with E-state index in [1.807, 2.05) is 18.0 Å². The fourth-order valence-corrected chi connectivity index (χ4v) is 4.93. The van der Waals surface area contributed by atoms with Gasteiger partial charge in [0.15, 0.2) is 0 Å². The second kappa shape index (κ2) is 9.77. The zero-order valence-corrected chi connectivity index (χ0v) is 18.4. The molecule has 3 rings (SSSR count). The quantitative estimate of drug-likeness (QED) is 0.693. The van der Waals surface area contributed by atoms with Crippen LogP contribution >= 0.6 is 23.2 Å². The molecule has 0 radical (unpaired) electrons. The SMILES string of the molecule is CO[C@H]1C[C@H](N(C)C(=O)Cc2ccc(Cl)c(Cl)c2)[C@@H](N2CCCC2)C[C@H]1OC. The summed E-state index contributed by atoms with van der Waals surface area (Å²) in [5.74, 6) is 0.0818. The molecule has 1 aromatic rings. The van der Waals surface area contributed by atoms with Gasteiger partial charge in [0.2, 0.25) is 5.91 Å². The Balaban J connectivity index is 1.75. The van der Waals surface area contributed by atoms with Gasteiger partial charge >= 0.3 is 0 Å². The third-order valence-corrected chi connectivity index (χ3v) is 6.99. The highest BCUT2D eigenvalue weighted by Gasteiger charge is 2.43. The lowest BCUT2D eigenvalue weighted by Gasteiger charge is -2.47. The first-order valence-corrected chi connectivity index (χ1v) is 10.7. The van der Waals surface area contributed by atoms with Crippen molar-refractivity contribution in [3.05, 3.63) is 33.8 Å². The molecule has 1 aromatic carbocycles. The van der Waals surface area contributed by atoms with Gasteiger partial charge in [0.1, 0.15) is 0 Å². The molecule has 0 aromatic heterocycles.